The van der Waals surface area contributed by atoms with Crippen LogP contribution in [0.4, 0.5) is 0 Å². The maximum absolute atomic E-state index is 12.9. The van der Waals surface area contributed by atoms with Gasteiger partial charge in [-0.2, -0.15) is 15.6 Å². The molecule has 0 unspecified atom stereocenters. The number of sulfonamides is 1. The normalized spacial score (nSPS) is 15.7. The van der Waals surface area contributed by atoms with Crippen LogP contribution in [0.5, 0.6) is 0 Å². The fourth-order valence-corrected chi connectivity index (χ4v) is 4.87. The van der Waals surface area contributed by atoms with Gasteiger partial charge < -0.3 is 0 Å². The summed E-state index contributed by atoms with van der Waals surface area (Å²) in [5.41, 5.74) is 1.88. The third-order valence-corrected chi connectivity index (χ3v) is 6.34. The lowest BCUT2D eigenvalue weighted by Gasteiger charge is -2.22. The quantitative estimate of drug-likeness (QED) is 0.849. The van der Waals surface area contributed by atoms with E-state index in [-0.39, 0.29) is 6.04 Å². The molecule has 2 aromatic rings. The Hall–Kier alpha value is -1.17. The van der Waals surface area contributed by atoms with Crippen molar-refractivity contribution in [2.24, 2.45) is 0 Å². The highest BCUT2D eigenvalue weighted by molar-refractivity contribution is 7.89. The van der Waals surface area contributed by atoms with Crippen LogP contribution in [0.25, 0.3) is 0 Å². The molecule has 3 nitrogen and oxygen atoms in total. The molecular formula is C15H17NO2S2. The van der Waals surface area contributed by atoms with Gasteiger partial charge >= 0.3 is 0 Å². The van der Waals surface area contributed by atoms with Crippen LogP contribution in [0.15, 0.2) is 46.0 Å². The summed E-state index contributed by atoms with van der Waals surface area (Å²) in [6, 6.07) is 9.37. The molecule has 0 aliphatic heterocycles. The number of thiophene rings is 1. The van der Waals surface area contributed by atoms with Gasteiger partial charge in [-0.25, -0.2) is 8.42 Å². The predicted molar refractivity (Wildman–Crippen MR) is 81.2 cm³/mol. The second-order valence-electron chi connectivity index (χ2n) is 5.18. The maximum atomic E-state index is 12.9. The first-order chi connectivity index (χ1) is 9.59. The lowest BCUT2D eigenvalue weighted by molar-refractivity contribution is 0.399. The van der Waals surface area contributed by atoms with Crippen LogP contribution >= 0.6 is 11.3 Å². The van der Waals surface area contributed by atoms with E-state index in [0.29, 0.717) is 11.4 Å². The highest BCUT2D eigenvalue weighted by Crippen LogP contribution is 2.34. The Balaban J connectivity index is 1.96. The number of hydrogen-bond acceptors (Lipinski definition) is 3. The molecule has 1 saturated carbocycles. The number of aryl methyl sites for hydroxylation is 1. The molecule has 1 aliphatic carbocycles. The second-order valence-corrected chi connectivity index (χ2v) is 7.82. The van der Waals surface area contributed by atoms with E-state index in [1.54, 1.807) is 27.8 Å². The van der Waals surface area contributed by atoms with Gasteiger partial charge in [0.05, 0.1) is 4.90 Å². The number of nitrogens with zero attached hydrogens (tertiary/aromatic N) is 1. The van der Waals surface area contributed by atoms with E-state index in [2.05, 4.69) is 0 Å². The van der Waals surface area contributed by atoms with Crippen molar-refractivity contribution in [2.45, 2.75) is 37.2 Å². The number of rotatable bonds is 5. The van der Waals surface area contributed by atoms with Crippen LogP contribution in [-0.4, -0.2) is 18.8 Å². The fraction of sp³-hybridized carbons (Fsp3) is 0.333. The van der Waals surface area contributed by atoms with E-state index in [1.165, 1.54) is 0 Å². The average molecular weight is 307 g/mol. The minimum atomic E-state index is -3.41. The van der Waals surface area contributed by atoms with Gasteiger partial charge in [0.25, 0.3) is 0 Å². The Kier molecular flexibility index (Phi) is 3.67. The Bertz CT molecular complexity index is 688. The van der Waals surface area contributed by atoms with Crippen LogP contribution in [-0.2, 0) is 16.6 Å². The Labute approximate surface area is 123 Å². The van der Waals surface area contributed by atoms with E-state index in [1.807, 2.05) is 35.9 Å². The van der Waals surface area contributed by atoms with Gasteiger partial charge in [-0.1, -0.05) is 18.2 Å². The molecule has 0 spiro atoms. The molecule has 0 bridgehead atoms. The summed E-state index contributed by atoms with van der Waals surface area (Å²) in [5, 5.41) is 4.00. The van der Waals surface area contributed by atoms with Crippen molar-refractivity contribution < 1.29 is 8.42 Å². The molecule has 1 aliphatic rings. The minimum Gasteiger partial charge on any atom is -0.207 e. The third kappa shape index (κ3) is 2.66. The monoisotopic (exact) mass is 307 g/mol. The first-order valence-corrected chi connectivity index (χ1v) is 9.06. The summed E-state index contributed by atoms with van der Waals surface area (Å²) in [7, 11) is -3.41. The second kappa shape index (κ2) is 5.31. The van der Waals surface area contributed by atoms with E-state index < -0.39 is 10.0 Å². The lowest BCUT2D eigenvalue weighted by Crippen LogP contribution is -2.33. The Morgan fingerprint density at radius 2 is 2.00 bits per heavy atom. The average Bonchev–Trinajstić information content (AvgIpc) is 3.12. The van der Waals surface area contributed by atoms with Gasteiger partial charge in [0.2, 0.25) is 10.0 Å². The van der Waals surface area contributed by atoms with Crippen LogP contribution in [0.1, 0.15) is 24.0 Å². The molecule has 3 rings (SSSR count). The van der Waals surface area contributed by atoms with E-state index in [9.17, 15) is 8.42 Å². The molecule has 1 aromatic carbocycles. The summed E-state index contributed by atoms with van der Waals surface area (Å²) in [4.78, 5) is 0.433. The SMILES string of the molecule is Cc1ccccc1S(=O)(=O)N(Cc1ccsc1)C1CC1. The molecule has 20 heavy (non-hydrogen) atoms. The highest BCUT2D eigenvalue weighted by atomic mass is 32.2. The minimum absolute atomic E-state index is 0.166. The van der Waals surface area contributed by atoms with Crippen LogP contribution in [0, 0.1) is 6.92 Å². The molecule has 0 radical (unpaired) electrons. The van der Waals surface area contributed by atoms with Gasteiger partial charge in [-0.15, -0.1) is 0 Å². The van der Waals surface area contributed by atoms with Gasteiger partial charge in [-0.3, -0.25) is 0 Å². The van der Waals surface area contributed by atoms with Crippen molar-refractivity contribution >= 4 is 21.4 Å². The van der Waals surface area contributed by atoms with Gasteiger partial charge in [0, 0.05) is 12.6 Å². The zero-order valence-electron chi connectivity index (χ0n) is 11.3. The van der Waals surface area contributed by atoms with Crippen molar-refractivity contribution in [3.63, 3.8) is 0 Å². The fourth-order valence-electron chi connectivity index (χ4n) is 2.31. The summed E-state index contributed by atoms with van der Waals surface area (Å²) in [6.45, 7) is 2.33. The molecular weight excluding hydrogens is 290 g/mol. The largest absolute Gasteiger partial charge is 0.243 e. The van der Waals surface area contributed by atoms with Gasteiger partial charge in [0.15, 0.2) is 0 Å². The summed E-state index contributed by atoms with van der Waals surface area (Å²) in [5.74, 6) is 0. The van der Waals surface area contributed by atoms with Gasteiger partial charge in [0.1, 0.15) is 0 Å². The smallest absolute Gasteiger partial charge is 0.207 e. The molecule has 106 valence electrons. The molecule has 0 atom stereocenters. The lowest BCUT2D eigenvalue weighted by atomic mass is 10.2. The standard InChI is InChI=1S/C15H17NO2S2/c1-12-4-2-3-5-15(12)20(17,18)16(14-6-7-14)10-13-8-9-19-11-13/h2-5,8-9,11,14H,6-7,10H2,1H3. The van der Waals surface area contributed by atoms with Crippen LogP contribution in [0.3, 0.4) is 0 Å². The Morgan fingerprint density at radius 3 is 2.60 bits per heavy atom. The van der Waals surface area contributed by atoms with Crippen LogP contribution < -0.4 is 0 Å². The molecule has 1 heterocycles. The van der Waals surface area contributed by atoms with Crippen molar-refractivity contribution in [1.29, 1.82) is 0 Å². The molecule has 1 aromatic heterocycles. The number of hydrogen-bond donors (Lipinski definition) is 0. The highest BCUT2D eigenvalue weighted by Gasteiger charge is 2.38. The Morgan fingerprint density at radius 1 is 1.25 bits per heavy atom. The van der Waals surface area contributed by atoms with Crippen molar-refractivity contribution in [1.82, 2.24) is 4.31 Å². The predicted octanol–water partition coefficient (Wildman–Crippen LogP) is 3.41. The van der Waals surface area contributed by atoms with Crippen LogP contribution in [0.2, 0.25) is 0 Å². The first-order valence-electron chi connectivity index (χ1n) is 6.67. The third-order valence-electron chi connectivity index (χ3n) is 3.55. The maximum Gasteiger partial charge on any atom is 0.243 e. The molecule has 5 heteroatoms. The van der Waals surface area contributed by atoms with Crippen molar-refractivity contribution in [3.05, 3.63) is 52.2 Å². The van der Waals surface area contributed by atoms with E-state index in [0.717, 1.165) is 24.0 Å². The molecule has 1 fully saturated rings. The zero-order chi connectivity index (χ0) is 14.2. The summed E-state index contributed by atoms with van der Waals surface area (Å²) >= 11 is 1.60. The number of benzene rings is 1. The first kappa shape index (κ1) is 13.8. The van der Waals surface area contributed by atoms with E-state index in [4.69, 9.17) is 0 Å². The summed E-state index contributed by atoms with van der Waals surface area (Å²) < 4.78 is 27.4. The van der Waals surface area contributed by atoms with Crippen molar-refractivity contribution in [3.8, 4) is 0 Å². The molecule has 0 N–H and O–H groups in total. The van der Waals surface area contributed by atoms with E-state index >= 15 is 0 Å². The van der Waals surface area contributed by atoms with Gasteiger partial charge in [-0.05, 0) is 53.8 Å². The zero-order valence-corrected chi connectivity index (χ0v) is 13.0. The summed E-state index contributed by atoms with van der Waals surface area (Å²) in [6.07, 6.45) is 1.94. The molecule has 0 amide bonds. The van der Waals surface area contributed by atoms with Crippen molar-refractivity contribution in [2.75, 3.05) is 0 Å². The topological polar surface area (TPSA) is 37.4 Å². The molecule has 0 saturated heterocycles.